The fourth-order valence-corrected chi connectivity index (χ4v) is 4.96. The van der Waals surface area contributed by atoms with Gasteiger partial charge < -0.3 is 9.64 Å². The van der Waals surface area contributed by atoms with Crippen LogP contribution in [0.4, 0.5) is 20.6 Å². The van der Waals surface area contributed by atoms with Crippen molar-refractivity contribution in [2.75, 3.05) is 18.0 Å². The molecule has 2 aliphatic rings. The molecule has 2 aliphatic heterocycles. The van der Waals surface area contributed by atoms with Gasteiger partial charge in [0.25, 0.3) is 0 Å². The monoisotopic (exact) mass is 514 g/mol. The lowest BCUT2D eigenvalue weighted by molar-refractivity contribution is -0.384. The molecule has 8 nitrogen and oxygen atoms in total. The topological polar surface area (TPSA) is 88.8 Å². The van der Waals surface area contributed by atoms with E-state index in [1.165, 1.54) is 6.07 Å². The van der Waals surface area contributed by atoms with Crippen LogP contribution in [0.2, 0.25) is 5.15 Å². The highest BCUT2D eigenvalue weighted by atomic mass is 79.9. The molecule has 0 N–H and O–H groups in total. The molecule has 1 aromatic heterocycles. The van der Waals surface area contributed by atoms with Gasteiger partial charge in [0.1, 0.15) is 16.8 Å². The van der Waals surface area contributed by atoms with Crippen LogP contribution in [0.25, 0.3) is 10.9 Å². The normalized spacial score (nSPS) is 21.0. The quantitative estimate of drug-likeness (QED) is 0.307. The maximum Gasteiger partial charge on any atom is 0.410 e. The van der Waals surface area contributed by atoms with Crippen LogP contribution in [0.15, 0.2) is 16.6 Å². The summed E-state index contributed by atoms with van der Waals surface area (Å²) in [5.41, 5.74) is -0.790. The van der Waals surface area contributed by atoms with Gasteiger partial charge in [-0.1, -0.05) is 11.6 Å². The molecule has 11 heteroatoms. The number of rotatable bonds is 2. The molecule has 0 spiro atoms. The van der Waals surface area contributed by atoms with Crippen molar-refractivity contribution in [1.29, 1.82) is 0 Å². The molecule has 3 heterocycles. The van der Waals surface area contributed by atoms with Gasteiger partial charge in [0.2, 0.25) is 5.15 Å². The molecule has 2 aromatic rings. The fraction of sp³-hybridized carbons (Fsp3) is 0.500. The summed E-state index contributed by atoms with van der Waals surface area (Å²) < 4.78 is 20.5. The number of amides is 1. The minimum Gasteiger partial charge on any atom is -0.444 e. The first kappa shape index (κ1) is 22.0. The van der Waals surface area contributed by atoms with E-state index in [2.05, 4.69) is 20.9 Å². The summed E-state index contributed by atoms with van der Waals surface area (Å²) in [6.07, 6.45) is 1.12. The Balaban J connectivity index is 1.77. The Morgan fingerprint density at radius 1 is 1.32 bits per heavy atom. The smallest absolute Gasteiger partial charge is 0.410 e. The van der Waals surface area contributed by atoms with Crippen molar-refractivity contribution in [2.45, 2.75) is 51.3 Å². The minimum absolute atomic E-state index is 0.0399. The number of hydrogen-bond donors (Lipinski definition) is 0. The van der Waals surface area contributed by atoms with E-state index in [9.17, 15) is 19.3 Å². The predicted octanol–water partition coefficient (Wildman–Crippen LogP) is 5.29. The average molecular weight is 516 g/mol. The first-order valence-electron chi connectivity index (χ1n) is 9.86. The number of fused-ring (bicyclic) bond motifs is 3. The Kier molecular flexibility index (Phi) is 5.49. The lowest BCUT2D eigenvalue weighted by Crippen LogP contribution is -2.57. The second kappa shape index (κ2) is 7.74. The molecule has 4 rings (SSSR count). The largest absolute Gasteiger partial charge is 0.444 e. The molecule has 1 amide bonds. The first-order chi connectivity index (χ1) is 14.5. The Morgan fingerprint density at radius 2 is 1.94 bits per heavy atom. The highest BCUT2D eigenvalue weighted by molar-refractivity contribution is 9.10. The molecule has 31 heavy (non-hydrogen) atoms. The summed E-state index contributed by atoms with van der Waals surface area (Å²) in [6.45, 7) is 6.13. The minimum atomic E-state index is -0.633. The van der Waals surface area contributed by atoms with Gasteiger partial charge in [-0.3, -0.25) is 15.0 Å². The van der Waals surface area contributed by atoms with Crippen LogP contribution in [-0.2, 0) is 4.74 Å². The lowest BCUT2D eigenvalue weighted by Gasteiger charge is -2.42. The molecular formula is C20H21BrClFN4O4. The molecule has 0 aliphatic carbocycles. The van der Waals surface area contributed by atoms with E-state index in [0.29, 0.717) is 18.5 Å². The van der Waals surface area contributed by atoms with Crippen molar-refractivity contribution in [3.63, 3.8) is 0 Å². The number of halogens is 3. The van der Waals surface area contributed by atoms with Gasteiger partial charge in [-0.05, 0) is 61.7 Å². The Labute approximate surface area is 191 Å². The zero-order chi connectivity index (χ0) is 22.7. The summed E-state index contributed by atoms with van der Waals surface area (Å²) in [6, 6.07) is 2.74. The van der Waals surface area contributed by atoms with Crippen molar-refractivity contribution >= 4 is 55.9 Å². The Hall–Kier alpha value is -2.20. The highest BCUT2D eigenvalue weighted by Gasteiger charge is 2.46. The van der Waals surface area contributed by atoms with E-state index in [0.717, 1.165) is 12.8 Å². The van der Waals surface area contributed by atoms with Crippen LogP contribution < -0.4 is 4.90 Å². The second-order valence-electron chi connectivity index (χ2n) is 8.79. The van der Waals surface area contributed by atoms with Crippen LogP contribution in [0.5, 0.6) is 0 Å². The maximum atomic E-state index is 14.7. The summed E-state index contributed by atoms with van der Waals surface area (Å²) in [5, 5.41) is 11.8. The van der Waals surface area contributed by atoms with Gasteiger partial charge >= 0.3 is 11.8 Å². The fourth-order valence-electron chi connectivity index (χ4n) is 4.40. The molecule has 2 saturated heterocycles. The van der Waals surface area contributed by atoms with E-state index in [1.54, 1.807) is 11.0 Å². The number of aromatic nitrogens is 1. The van der Waals surface area contributed by atoms with Crippen molar-refractivity contribution in [3.8, 4) is 0 Å². The van der Waals surface area contributed by atoms with E-state index < -0.39 is 16.3 Å². The van der Waals surface area contributed by atoms with E-state index in [4.69, 9.17) is 16.3 Å². The van der Waals surface area contributed by atoms with Crippen LogP contribution in [0.1, 0.15) is 33.6 Å². The van der Waals surface area contributed by atoms with E-state index >= 15 is 0 Å². The maximum absolute atomic E-state index is 14.7. The summed E-state index contributed by atoms with van der Waals surface area (Å²) >= 11 is 9.26. The third-order valence-electron chi connectivity index (χ3n) is 5.54. The van der Waals surface area contributed by atoms with Gasteiger partial charge in [0.05, 0.1) is 21.5 Å². The van der Waals surface area contributed by atoms with Crippen molar-refractivity contribution in [2.24, 2.45) is 0 Å². The molecule has 2 fully saturated rings. The van der Waals surface area contributed by atoms with Crippen molar-refractivity contribution in [1.82, 2.24) is 9.88 Å². The van der Waals surface area contributed by atoms with Gasteiger partial charge in [-0.2, -0.15) is 0 Å². The standard InChI is InChI=1S/C20H21BrClFN4O4/c1-20(2,3)31-19(28)26-10-4-5-11(26)9-25(8-10)16-12-6-7-13(21)14(23)15(12)24-18(22)17(16)27(29)30/h6-7,10-11H,4-5,8-9H2,1-3H3/t10-,11+. The van der Waals surface area contributed by atoms with Gasteiger partial charge in [0, 0.05) is 18.5 Å². The number of piperazine rings is 1. The lowest BCUT2D eigenvalue weighted by atomic mass is 10.1. The Bertz CT molecular complexity index is 1080. The summed E-state index contributed by atoms with van der Waals surface area (Å²) in [4.78, 5) is 31.5. The van der Waals surface area contributed by atoms with Crippen LogP contribution in [0, 0.1) is 15.9 Å². The number of benzene rings is 1. The summed E-state index contributed by atoms with van der Waals surface area (Å²) in [5.74, 6) is -0.633. The zero-order valence-electron chi connectivity index (χ0n) is 17.2. The molecule has 1 aromatic carbocycles. The second-order valence-corrected chi connectivity index (χ2v) is 10.0. The summed E-state index contributed by atoms with van der Waals surface area (Å²) in [7, 11) is 0. The Morgan fingerprint density at radius 3 is 2.48 bits per heavy atom. The number of hydrogen-bond acceptors (Lipinski definition) is 6. The predicted molar refractivity (Wildman–Crippen MR) is 118 cm³/mol. The molecule has 0 radical (unpaired) electrons. The van der Waals surface area contributed by atoms with Crippen LogP contribution >= 0.6 is 27.5 Å². The number of nitro groups is 1. The molecule has 0 unspecified atom stereocenters. The van der Waals surface area contributed by atoms with Gasteiger partial charge in [0.15, 0.2) is 5.82 Å². The number of carbonyl (C=O) groups is 1. The molecule has 0 saturated carbocycles. The van der Waals surface area contributed by atoms with Crippen molar-refractivity contribution in [3.05, 3.63) is 37.7 Å². The van der Waals surface area contributed by atoms with E-state index in [-0.39, 0.29) is 44.7 Å². The molecule has 2 bridgehead atoms. The average Bonchev–Trinajstić information content (AvgIpc) is 2.93. The van der Waals surface area contributed by atoms with Crippen LogP contribution in [0.3, 0.4) is 0 Å². The number of ether oxygens (including phenoxy) is 1. The third kappa shape index (κ3) is 3.91. The highest BCUT2D eigenvalue weighted by Crippen LogP contribution is 2.44. The van der Waals surface area contributed by atoms with Crippen molar-refractivity contribution < 1.29 is 18.8 Å². The molecular weight excluding hydrogens is 495 g/mol. The SMILES string of the molecule is CC(C)(C)OC(=O)N1[C@@H]2CC[C@H]1CN(c1c([N+](=O)[O-])c(Cl)nc3c(F)c(Br)ccc13)C2. The van der Waals surface area contributed by atoms with Gasteiger partial charge in [-0.25, -0.2) is 14.2 Å². The number of carbonyl (C=O) groups excluding carboxylic acids is 1. The third-order valence-corrected chi connectivity index (χ3v) is 6.42. The molecule has 166 valence electrons. The number of nitrogens with zero attached hydrogens (tertiary/aromatic N) is 4. The van der Waals surface area contributed by atoms with Crippen LogP contribution in [-0.4, -0.2) is 51.7 Å². The number of anilines is 1. The van der Waals surface area contributed by atoms with E-state index in [1.807, 2.05) is 25.7 Å². The zero-order valence-corrected chi connectivity index (χ0v) is 19.5. The van der Waals surface area contributed by atoms with Gasteiger partial charge in [-0.15, -0.1) is 0 Å². The molecule has 2 atom stereocenters. The number of pyridine rings is 1. The first-order valence-corrected chi connectivity index (χ1v) is 11.0.